The quantitative estimate of drug-likeness (QED) is 0.724. The molecule has 2 aromatic rings. The lowest BCUT2D eigenvalue weighted by atomic mass is 10.4. The van der Waals surface area contributed by atoms with Gasteiger partial charge in [-0.25, -0.2) is 9.78 Å². The Hall–Kier alpha value is -2.24. The van der Waals surface area contributed by atoms with Crippen molar-refractivity contribution in [2.24, 2.45) is 0 Å². The van der Waals surface area contributed by atoms with Gasteiger partial charge in [0, 0.05) is 6.20 Å². The van der Waals surface area contributed by atoms with E-state index < -0.39 is 5.97 Å². The van der Waals surface area contributed by atoms with Crippen molar-refractivity contribution >= 4 is 5.97 Å². The van der Waals surface area contributed by atoms with Crippen molar-refractivity contribution in [1.82, 2.24) is 15.2 Å². The van der Waals surface area contributed by atoms with E-state index in [9.17, 15) is 4.79 Å². The average molecular weight is 219 g/mol. The molecule has 0 fully saturated rings. The topological polar surface area (TPSA) is 78.1 Å². The lowest BCUT2D eigenvalue weighted by Gasteiger charge is -1.94. The summed E-state index contributed by atoms with van der Waals surface area (Å²) in [7, 11) is 0. The number of esters is 1. The molecule has 0 unspecified atom stereocenters. The third-order valence-corrected chi connectivity index (χ3v) is 1.78. The fraction of sp³-hybridized carbons (Fsp3) is 0.200. The molecule has 0 aliphatic carbocycles. The summed E-state index contributed by atoms with van der Waals surface area (Å²) < 4.78 is 9.88. The van der Waals surface area contributed by atoms with E-state index >= 15 is 0 Å². The highest BCUT2D eigenvalue weighted by molar-refractivity contribution is 5.87. The predicted molar refractivity (Wildman–Crippen MR) is 53.5 cm³/mol. The SMILES string of the molecule is CCOC(=O)c1coc(-c2cccnn2)n1. The summed E-state index contributed by atoms with van der Waals surface area (Å²) >= 11 is 0. The van der Waals surface area contributed by atoms with Crippen molar-refractivity contribution in [1.29, 1.82) is 0 Å². The average Bonchev–Trinajstić information content (AvgIpc) is 2.80. The van der Waals surface area contributed by atoms with Gasteiger partial charge < -0.3 is 9.15 Å². The molecule has 16 heavy (non-hydrogen) atoms. The van der Waals surface area contributed by atoms with Crippen molar-refractivity contribution in [3.8, 4) is 11.6 Å². The Labute approximate surface area is 91.3 Å². The molecule has 6 heteroatoms. The Morgan fingerprint density at radius 2 is 2.44 bits per heavy atom. The monoisotopic (exact) mass is 219 g/mol. The van der Waals surface area contributed by atoms with Gasteiger partial charge >= 0.3 is 5.97 Å². The first-order valence-corrected chi connectivity index (χ1v) is 4.72. The zero-order chi connectivity index (χ0) is 11.4. The van der Waals surface area contributed by atoms with Gasteiger partial charge in [0.15, 0.2) is 5.69 Å². The van der Waals surface area contributed by atoms with Gasteiger partial charge in [-0.15, -0.1) is 5.10 Å². The Morgan fingerprint density at radius 3 is 3.12 bits per heavy atom. The number of carbonyl (C=O) groups is 1. The molecule has 2 rings (SSSR count). The maximum absolute atomic E-state index is 11.3. The van der Waals surface area contributed by atoms with Crippen LogP contribution in [0.15, 0.2) is 29.0 Å². The predicted octanol–water partition coefficient (Wildman–Crippen LogP) is 1.31. The summed E-state index contributed by atoms with van der Waals surface area (Å²) in [6.07, 6.45) is 2.78. The molecular weight excluding hydrogens is 210 g/mol. The molecule has 0 aliphatic rings. The Morgan fingerprint density at radius 1 is 1.56 bits per heavy atom. The van der Waals surface area contributed by atoms with Gasteiger partial charge in [0.25, 0.3) is 0 Å². The van der Waals surface area contributed by atoms with E-state index in [2.05, 4.69) is 15.2 Å². The third-order valence-electron chi connectivity index (χ3n) is 1.78. The fourth-order valence-electron chi connectivity index (χ4n) is 1.11. The lowest BCUT2D eigenvalue weighted by molar-refractivity contribution is 0.0519. The Bertz CT molecular complexity index is 481. The number of nitrogens with zero attached hydrogens (tertiary/aromatic N) is 3. The van der Waals surface area contributed by atoms with E-state index in [1.807, 2.05) is 0 Å². The van der Waals surface area contributed by atoms with Gasteiger partial charge in [-0.05, 0) is 19.1 Å². The lowest BCUT2D eigenvalue weighted by Crippen LogP contribution is -2.04. The summed E-state index contributed by atoms with van der Waals surface area (Å²) in [5.74, 6) is -0.266. The van der Waals surface area contributed by atoms with Crippen LogP contribution in [0.4, 0.5) is 0 Å². The van der Waals surface area contributed by atoms with E-state index in [1.54, 1.807) is 25.3 Å². The first kappa shape index (κ1) is 10.3. The molecule has 82 valence electrons. The molecule has 2 heterocycles. The van der Waals surface area contributed by atoms with Crippen LogP contribution >= 0.6 is 0 Å². The van der Waals surface area contributed by atoms with Gasteiger partial charge in [-0.3, -0.25) is 0 Å². The fourth-order valence-corrected chi connectivity index (χ4v) is 1.11. The van der Waals surface area contributed by atoms with Crippen molar-refractivity contribution in [3.05, 3.63) is 30.3 Å². The summed E-state index contributed by atoms with van der Waals surface area (Å²) in [6.45, 7) is 2.02. The first-order valence-electron chi connectivity index (χ1n) is 4.72. The number of rotatable bonds is 3. The van der Waals surface area contributed by atoms with Gasteiger partial charge in [0.2, 0.25) is 5.89 Å². The van der Waals surface area contributed by atoms with Crippen LogP contribution in [-0.4, -0.2) is 27.8 Å². The van der Waals surface area contributed by atoms with Crippen molar-refractivity contribution in [2.45, 2.75) is 6.92 Å². The Balaban J connectivity index is 2.23. The molecule has 0 saturated carbocycles. The molecule has 2 aromatic heterocycles. The van der Waals surface area contributed by atoms with Crippen molar-refractivity contribution < 1.29 is 13.9 Å². The van der Waals surface area contributed by atoms with Crippen LogP contribution in [0.5, 0.6) is 0 Å². The van der Waals surface area contributed by atoms with E-state index in [1.165, 1.54) is 6.26 Å². The second-order valence-corrected chi connectivity index (χ2v) is 2.87. The minimum Gasteiger partial charge on any atom is -0.461 e. The molecule has 0 radical (unpaired) electrons. The highest BCUT2D eigenvalue weighted by Crippen LogP contribution is 2.15. The second kappa shape index (κ2) is 4.52. The highest BCUT2D eigenvalue weighted by atomic mass is 16.5. The smallest absolute Gasteiger partial charge is 0.360 e. The number of oxazole rings is 1. The van der Waals surface area contributed by atoms with Gasteiger partial charge in [0.1, 0.15) is 12.0 Å². The molecule has 0 amide bonds. The minimum atomic E-state index is -0.513. The van der Waals surface area contributed by atoms with Crippen LogP contribution < -0.4 is 0 Å². The van der Waals surface area contributed by atoms with Crippen LogP contribution in [0.1, 0.15) is 17.4 Å². The van der Waals surface area contributed by atoms with Crippen LogP contribution in [0, 0.1) is 0 Å². The molecule has 0 spiro atoms. The van der Waals surface area contributed by atoms with Gasteiger partial charge in [-0.2, -0.15) is 5.10 Å². The summed E-state index contributed by atoms with van der Waals surface area (Å²) in [6, 6.07) is 3.39. The van der Waals surface area contributed by atoms with Crippen LogP contribution in [0.3, 0.4) is 0 Å². The van der Waals surface area contributed by atoms with E-state index in [4.69, 9.17) is 9.15 Å². The maximum atomic E-state index is 11.3. The number of hydrogen-bond donors (Lipinski definition) is 0. The van der Waals surface area contributed by atoms with Gasteiger partial charge in [0.05, 0.1) is 6.61 Å². The molecule has 0 bridgehead atoms. The first-order chi connectivity index (χ1) is 7.81. The molecule has 0 N–H and O–H groups in total. The molecule has 0 aliphatic heterocycles. The van der Waals surface area contributed by atoms with Crippen molar-refractivity contribution in [2.75, 3.05) is 6.61 Å². The van der Waals surface area contributed by atoms with E-state index in [-0.39, 0.29) is 11.6 Å². The largest absolute Gasteiger partial charge is 0.461 e. The second-order valence-electron chi connectivity index (χ2n) is 2.87. The summed E-state index contributed by atoms with van der Waals surface area (Å²) in [4.78, 5) is 15.3. The zero-order valence-electron chi connectivity index (χ0n) is 8.58. The van der Waals surface area contributed by atoms with Gasteiger partial charge in [-0.1, -0.05) is 0 Å². The van der Waals surface area contributed by atoms with E-state index in [0.29, 0.717) is 12.3 Å². The van der Waals surface area contributed by atoms with E-state index in [0.717, 1.165) is 0 Å². The third kappa shape index (κ3) is 2.05. The van der Waals surface area contributed by atoms with Crippen molar-refractivity contribution in [3.63, 3.8) is 0 Å². The molecule has 0 atom stereocenters. The summed E-state index contributed by atoms with van der Waals surface area (Å²) in [5.41, 5.74) is 0.598. The molecule has 0 saturated heterocycles. The molecular formula is C10H9N3O3. The number of aromatic nitrogens is 3. The summed E-state index contributed by atoms with van der Waals surface area (Å²) in [5, 5.41) is 7.49. The number of ether oxygens (including phenoxy) is 1. The number of hydrogen-bond acceptors (Lipinski definition) is 6. The molecule has 0 aromatic carbocycles. The highest BCUT2D eigenvalue weighted by Gasteiger charge is 2.14. The van der Waals surface area contributed by atoms with Crippen LogP contribution in [-0.2, 0) is 4.74 Å². The standard InChI is InChI=1S/C10H9N3O3/c1-2-15-10(14)8-6-16-9(12-8)7-4-3-5-11-13-7/h3-6H,2H2,1H3. The zero-order valence-corrected chi connectivity index (χ0v) is 8.58. The minimum absolute atomic E-state index is 0.127. The number of carbonyl (C=O) groups excluding carboxylic acids is 1. The van der Waals surface area contributed by atoms with Crippen LogP contribution in [0.2, 0.25) is 0 Å². The molecule has 6 nitrogen and oxygen atoms in total. The normalized spacial score (nSPS) is 10.1. The van der Waals surface area contributed by atoms with Crippen LogP contribution in [0.25, 0.3) is 11.6 Å². The Kier molecular flexibility index (Phi) is 2.90. The maximum Gasteiger partial charge on any atom is 0.360 e.